The molecule has 1 atom stereocenters. The second-order valence-electron chi connectivity index (χ2n) is 9.42. The summed E-state index contributed by atoms with van der Waals surface area (Å²) in [6.45, 7) is 4.87. The number of halogens is 1. The van der Waals surface area contributed by atoms with E-state index >= 15 is 0 Å². The number of amides is 1. The fourth-order valence-corrected chi connectivity index (χ4v) is 5.44. The highest BCUT2D eigenvalue weighted by molar-refractivity contribution is 7.27. The van der Waals surface area contributed by atoms with Crippen LogP contribution in [0.4, 0.5) is 10.2 Å². The van der Waals surface area contributed by atoms with Crippen LogP contribution in [0.15, 0.2) is 36.5 Å². The van der Waals surface area contributed by atoms with Gasteiger partial charge in [0.15, 0.2) is 0 Å². The van der Waals surface area contributed by atoms with Gasteiger partial charge in [-0.15, -0.1) is 9.24 Å². The van der Waals surface area contributed by atoms with Crippen molar-refractivity contribution in [3.05, 3.63) is 53.5 Å². The first-order chi connectivity index (χ1) is 15.9. The van der Waals surface area contributed by atoms with E-state index in [2.05, 4.69) is 36.0 Å². The molecule has 4 rings (SSSR count). The van der Waals surface area contributed by atoms with Crippen LogP contribution < -0.4 is 11.0 Å². The number of rotatable bonds is 6. The first kappa shape index (κ1) is 24.1. The molecule has 0 bridgehead atoms. The molecule has 8 heteroatoms. The summed E-state index contributed by atoms with van der Waals surface area (Å²) in [5.41, 5.74) is 7.70. The molecule has 1 unspecified atom stereocenters. The normalized spacial score (nSPS) is 18.7. The van der Waals surface area contributed by atoms with Gasteiger partial charge >= 0.3 is 0 Å². The molecule has 1 aromatic heterocycles. The molecule has 33 heavy (non-hydrogen) atoms. The number of likely N-dealkylation sites (tertiary alicyclic amines) is 2. The van der Waals surface area contributed by atoms with Gasteiger partial charge in [0, 0.05) is 49.9 Å². The average Bonchev–Trinajstić information content (AvgIpc) is 2.82. The highest BCUT2D eigenvalue weighted by atomic mass is 31.0. The van der Waals surface area contributed by atoms with E-state index in [-0.39, 0.29) is 11.7 Å². The molecule has 0 spiro atoms. The molecule has 0 saturated carbocycles. The molecule has 178 valence electrons. The van der Waals surface area contributed by atoms with Gasteiger partial charge in [-0.1, -0.05) is 12.1 Å². The fraction of sp³-hybridized carbons (Fsp3) is 0.520. The van der Waals surface area contributed by atoms with Crippen molar-refractivity contribution in [2.75, 3.05) is 39.0 Å². The molecule has 1 amide bonds. The lowest BCUT2D eigenvalue weighted by Gasteiger charge is -2.39. The molecule has 2 N–H and O–H groups in total. The Morgan fingerprint density at radius 1 is 1.18 bits per heavy atom. The second-order valence-corrected chi connectivity index (χ2v) is 10.0. The Bertz CT molecular complexity index is 937. The number of pyridine rings is 1. The van der Waals surface area contributed by atoms with E-state index in [1.54, 1.807) is 12.3 Å². The topological polar surface area (TPSA) is 65.7 Å². The van der Waals surface area contributed by atoms with E-state index in [0.29, 0.717) is 24.3 Å². The van der Waals surface area contributed by atoms with Crippen molar-refractivity contribution in [2.45, 2.75) is 44.8 Å². The standard InChI is InChI=1S/C25H35FN5OP/c1-29(17-21-22(26)3-2-4-23(21)33)20-8-13-31(14-9-20)25(32)19-6-11-30(12-7-19)16-18-5-10-28-24(27)15-18/h2-5,10,15,19-20H,6-9,11-14,16-17,33H2,1H3,(H2,27,28). The summed E-state index contributed by atoms with van der Waals surface area (Å²) in [6.07, 6.45) is 5.43. The number of carbonyl (C=O) groups excluding carboxylic acids is 1. The molecule has 1 aromatic carbocycles. The number of hydrogen-bond acceptors (Lipinski definition) is 5. The van der Waals surface area contributed by atoms with Crippen LogP contribution in [0.25, 0.3) is 0 Å². The Kier molecular flexibility index (Phi) is 7.94. The van der Waals surface area contributed by atoms with Crippen LogP contribution in [-0.2, 0) is 17.9 Å². The van der Waals surface area contributed by atoms with Crippen molar-refractivity contribution < 1.29 is 9.18 Å². The minimum Gasteiger partial charge on any atom is -0.384 e. The number of anilines is 1. The highest BCUT2D eigenvalue weighted by Gasteiger charge is 2.32. The summed E-state index contributed by atoms with van der Waals surface area (Å²) < 4.78 is 14.2. The predicted molar refractivity (Wildman–Crippen MR) is 133 cm³/mol. The number of piperidine rings is 2. The quantitative estimate of drug-likeness (QED) is 0.657. The van der Waals surface area contributed by atoms with Crippen molar-refractivity contribution in [1.29, 1.82) is 0 Å². The van der Waals surface area contributed by atoms with E-state index in [4.69, 9.17) is 5.73 Å². The maximum absolute atomic E-state index is 14.2. The molecule has 3 heterocycles. The largest absolute Gasteiger partial charge is 0.384 e. The van der Waals surface area contributed by atoms with Gasteiger partial charge in [0.25, 0.3) is 0 Å². The zero-order valence-corrected chi connectivity index (χ0v) is 20.6. The second kappa shape index (κ2) is 10.9. The van der Waals surface area contributed by atoms with Crippen molar-refractivity contribution in [2.24, 2.45) is 5.92 Å². The number of hydrogen-bond donors (Lipinski definition) is 1. The van der Waals surface area contributed by atoms with Gasteiger partial charge in [0.2, 0.25) is 5.91 Å². The monoisotopic (exact) mass is 471 g/mol. The smallest absolute Gasteiger partial charge is 0.225 e. The minimum atomic E-state index is -0.152. The lowest BCUT2D eigenvalue weighted by molar-refractivity contribution is -0.138. The van der Waals surface area contributed by atoms with E-state index in [1.165, 1.54) is 11.6 Å². The third-order valence-corrected chi connectivity index (χ3v) is 7.69. The Morgan fingerprint density at radius 3 is 2.58 bits per heavy atom. The lowest BCUT2D eigenvalue weighted by Crippen LogP contribution is -2.48. The van der Waals surface area contributed by atoms with Gasteiger partial charge in [-0.2, -0.15) is 0 Å². The van der Waals surface area contributed by atoms with E-state index in [1.807, 2.05) is 18.2 Å². The molecular weight excluding hydrogens is 436 g/mol. The molecule has 6 nitrogen and oxygen atoms in total. The summed E-state index contributed by atoms with van der Waals surface area (Å²) in [5.74, 6) is 0.830. The molecule has 2 aliphatic heterocycles. The Balaban J connectivity index is 1.22. The van der Waals surface area contributed by atoms with E-state index in [0.717, 1.165) is 69.3 Å². The summed E-state index contributed by atoms with van der Waals surface area (Å²) in [6, 6.07) is 9.48. The van der Waals surface area contributed by atoms with Crippen molar-refractivity contribution >= 4 is 26.3 Å². The molecule has 0 aliphatic carbocycles. The zero-order valence-electron chi connectivity index (χ0n) is 19.4. The van der Waals surface area contributed by atoms with Gasteiger partial charge in [-0.25, -0.2) is 9.37 Å². The van der Waals surface area contributed by atoms with Crippen LogP contribution in [0, 0.1) is 11.7 Å². The maximum Gasteiger partial charge on any atom is 0.225 e. The number of nitrogen functional groups attached to an aromatic ring is 1. The third kappa shape index (κ3) is 6.08. The summed E-state index contributed by atoms with van der Waals surface area (Å²) in [7, 11) is 4.69. The molecular formula is C25H35FN5OP. The number of carbonyl (C=O) groups is 1. The van der Waals surface area contributed by atoms with Gasteiger partial charge in [0.1, 0.15) is 11.6 Å². The summed E-state index contributed by atoms with van der Waals surface area (Å²) >= 11 is 0. The van der Waals surface area contributed by atoms with Crippen molar-refractivity contribution in [1.82, 2.24) is 19.7 Å². The fourth-order valence-electron chi connectivity index (χ4n) is 5.09. The summed E-state index contributed by atoms with van der Waals surface area (Å²) in [5, 5.41) is 0.910. The van der Waals surface area contributed by atoms with Crippen molar-refractivity contribution in [3.63, 3.8) is 0 Å². The van der Waals surface area contributed by atoms with Crippen LogP contribution in [0.2, 0.25) is 0 Å². The SMILES string of the molecule is CN(Cc1c(F)cccc1P)C1CCN(C(=O)C2CCN(Cc3ccnc(N)c3)CC2)CC1. The lowest BCUT2D eigenvalue weighted by atomic mass is 9.93. The van der Waals surface area contributed by atoms with Crippen LogP contribution in [-0.4, -0.2) is 64.9 Å². The maximum atomic E-state index is 14.2. The first-order valence-corrected chi connectivity index (χ1v) is 12.4. The average molecular weight is 472 g/mol. The summed E-state index contributed by atoms with van der Waals surface area (Å²) in [4.78, 5) is 23.9. The number of benzene rings is 1. The molecule has 2 saturated heterocycles. The molecule has 0 radical (unpaired) electrons. The van der Waals surface area contributed by atoms with Crippen LogP contribution in [0.5, 0.6) is 0 Å². The van der Waals surface area contributed by atoms with Crippen LogP contribution in [0.3, 0.4) is 0 Å². The first-order valence-electron chi connectivity index (χ1n) is 11.9. The van der Waals surface area contributed by atoms with Crippen molar-refractivity contribution in [3.8, 4) is 0 Å². The number of nitrogens with zero attached hydrogens (tertiary/aromatic N) is 4. The highest BCUT2D eigenvalue weighted by Crippen LogP contribution is 2.25. The van der Waals surface area contributed by atoms with Gasteiger partial charge in [0.05, 0.1) is 0 Å². The Hall–Kier alpha value is -2.08. The van der Waals surface area contributed by atoms with E-state index in [9.17, 15) is 9.18 Å². The number of nitrogens with two attached hydrogens (primary N) is 1. The zero-order chi connectivity index (χ0) is 23.4. The molecule has 2 aliphatic rings. The number of aromatic nitrogens is 1. The Labute approximate surface area is 198 Å². The minimum absolute atomic E-state index is 0.121. The van der Waals surface area contributed by atoms with Gasteiger partial charge in [-0.05, 0) is 74.9 Å². The predicted octanol–water partition coefficient (Wildman–Crippen LogP) is 2.64. The molecule has 2 aromatic rings. The van der Waals surface area contributed by atoms with Gasteiger partial charge in [-0.3, -0.25) is 14.6 Å². The van der Waals surface area contributed by atoms with E-state index < -0.39 is 0 Å². The van der Waals surface area contributed by atoms with Crippen LogP contribution in [0.1, 0.15) is 36.8 Å². The third-order valence-electron chi connectivity index (χ3n) is 7.15. The molecule has 2 fully saturated rings. The van der Waals surface area contributed by atoms with Gasteiger partial charge < -0.3 is 10.6 Å². The Morgan fingerprint density at radius 2 is 1.91 bits per heavy atom. The van der Waals surface area contributed by atoms with Crippen LogP contribution >= 0.6 is 9.24 Å².